The smallest absolute Gasteiger partial charge is 0.322 e. The van der Waals surface area contributed by atoms with Crippen LogP contribution in [0.5, 0.6) is 0 Å². The normalized spacial score (nSPS) is 10.9. The number of hydrogen-bond donors (Lipinski definition) is 2. The third-order valence-corrected chi connectivity index (χ3v) is 4.56. The minimum Gasteiger partial charge on any atom is -0.322 e. The van der Waals surface area contributed by atoms with Crippen LogP contribution in [0.2, 0.25) is 5.02 Å². The summed E-state index contributed by atoms with van der Waals surface area (Å²) in [5, 5.41) is 3.47. The summed E-state index contributed by atoms with van der Waals surface area (Å²) in [7, 11) is 0. The van der Waals surface area contributed by atoms with Gasteiger partial charge in [0.25, 0.3) is 11.5 Å². The Morgan fingerprint density at radius 3 is 2.65 bits per heavy atom. The highest BCUT2D eigenvalue weighted by molar-refractivity contribution is 6.31. The Balaban J connectivity index is 2.08. The first-order valence-electron chi connectivity index (χ1n) is 8.03. The predicted octanol–water partition coefficient (Wildman–Crippen LogP) is 2.63. The van der Waals surface area contributed by atoms with Crippen LogP contribution >= 0.6 is 11.6 Å². The monoisotopic (exact) mass is 372 g/mol. The number of fused-ring (bicyclic) bond motifs is 1. The zero-order valence-corrected chi connectivity index (χ0v) is 15.3. The molecule has 0 aliphatic carbocycles. The lowest BCUT2D eigenvalue weighted by Gasteiger charge is -2.11. The highest BCUT2D eigenvalue weighted by Crippen LogP contribution is 2.21. The van der Waals surface area contributed by atoms with Gasteiger partial charge in [0.05, 0.1) is 16.6 Å². The summed E-state index contributed by atoms with van der Waals surface area (Å²) in [5.41, 5.74) is 1.27. The Bertz CT molecular complexity index is 1150. The number of pyridine rings is 1. The average molecular weight is 373 g/mol. The molecule has 8 heteroatoms. The summed E-state index contributed by atoms with van der Waals surface area (Å²) >= 11 is 6.08. The predicted molar refractivity (Wildman–Crippen MR) is 101 cm³/mol. The maximum Gasteiger partial charge on any atom is 0.329 e. The molecule has 0 atom stereocenters. The van der Waals surface area contributed by atoms with Crippen LogP contribution in [0.25, 0.3) is 11.0 Å². The maximum atomic E-state index is 12.6. The van der Waals surface area contributed by atoms with Gasteiger partial charge in [0.1, 0.15) is 5.65 Å². The van der Waals surface area contributed by atoms with Crippen molar-refractivity contribution < 1.29 is 4.79 Å². The van der Waals surface area contributed by atoms with Crippen LogP contribution in [0, 0.1) is 13.8 Å². The second-order valence-electron chi connectivity index (χ2n) is 5.91. The van der Waals surface area contributed by atoms with Crippen molar-refractivity contribution in [1.82, 2.24) is 14.5 Å². The molecule has 0 saturated carbocycles. The number of amides is 1. The van der Waals surface area contributed by atoms with Gasteiger partial charge in [0, 0.05) is 17.3 Å². The zero-order chi connectivity index (χ0) is 19.0. The van der Waals surface area contributed by atoms with E-state index in [0.29, 0.717) is 22.9 Å². The Labute approximate surface area is 153 Å². The van der Waals surface area contributed by atoms with Crippen LogP contribution in [0.4, 0.5) is 5.69 Å². The van der Waals surface area contributed by atoms with Crippen molar-refractivity contribution in [3.63, 3.8) is 0 Å². The van der Waals surface area contributed by atoms with Crippen LogP contribution in [0.3, 0.4) is 0 Å². The number of aromatic amines is 1. The summed E-state index contributed by atoms with van der Waals surface area (Å²) in [5.74, 6) is -0.412. The number of carbonyl (C=O) groups is 1. The van der Waals surface area contributed by atoms with E-state index in [4.69, 9.17) is 11.6 Å². The second-order valence-corrected chi connectivity index (χ2v) is 6.32. The number of anilines is 1. The van der Waals surface area contributed by atoms with Gasteiger partial charge in [0.15, 0.2) is 0 Å². The molecule has 0 radical (unpaired) electrons. The molecule has 1 amide bonds. The number of benzene rings is 1. The van der Waals surface area contributed by atoms with Gasteiger partial charge >= 0.3 is 5.69 Å². The van der Waals surface area contributed by atoms with Crippen LogP contribution in [0.15, 0.2) is 33.9 Å². The van der Waals surface area contributed by atoms with Crippen LogP contribution in [-0.4, -0.2) is 20.4 Å². The Kier molecular flexibility index (Phi) is 4.65. The van der Waals surface area contributed by atoms with E-state index in [1.165, 1.54) is 10.6 Å². The highest BCUT2D eigenvalue weighted by Gasteiger charge is 2.16. The van der Waals surface area contributed by atoms with Gasteiger partial charge in [-0.05, 0) is 44.5 Å². The number of aromatic nitrogens is 3. The molecule has 2 N–H and O–H groups in total. The van der Waals surface area contributed by atoms with Gasteiger partial charge in [-0.1, -0.05) is 17.7 Å². The molecule has 0 aliphatic rings. The fourth-order valence-corrected chi connectivity index (χ4v) is 2.87. The molecule has 26 heavy (non-hydrogen) atoms. The third-order valence-electron chi connectivity index (χ3n) is 4.15. The lowest BCUT2D eigenvalue weighted by molar-refractivity contribution is 0.102. The average Bonchev–Trinajstić information content (AvgIpc) is 2.58. The molecular weight excluding hydrogens is 356 g/mol. The molecule has 134 valence electrons. The SMILES string of the molecule is CCn1c(=O)[nH]c(=O)c2cc(C(=O)Nc3ccc(C)c(Cl)c3)c(C)nc21. The molecular formula is C18H17ClN4O3. The Morgan fingerprint density at radius 1 is 1.27 bits per heavy atom. The van der Waals surface area contributed by atoms with Crippen molar-refractivity contribution in [2.75, 3.05) is 5.32 Å². The molecule has 2 aromatic heterocycles. The number of nitrogens with zero attached hydrogens (tertiary/aromatic N) is 2. The first kappa shape index (κ1) is 17.9. The Morgan fingerprint density at radius 2 is 2.00 bits per heavy atom. The lowest BCUT2D eigenvalue weighted by Crippen LogP contribution is -2.31. The maximum absolute atomic E-state index is 12.6. The van der Waals surface area contributed by atoms with E-state index in [9.17, 15) is 14.4 Å². The first-order valence-corrected chi connectivity index (χ1v) is 8.41. The molecule has 3 rings (SSSR count). The summed E-state index contributed by atoms with van der Waals surface area (Å²) in [4.78, 5) is 43.2. The number of hydrogen-bond acceptors (Lipinski definition) is 4. The van der Waals surface area contributed by atoms with Crippen molar-refractivity contribution in [3.8, 4) is 0 Å². The van der Waals surface area contributed by atoms with Crippen molar-refractivity contribution in [2.45, 2.75) is 27.3 Å². The standard InChI is InChI=1S/C18H17ClN4O3/c1-4-23-15-13(17(25)22-18(23)26)8-12(10(3)20-15)16(24)21-11-6-5-9(2)14(19)7-11/h5-8H,4H2,1-3H3,(H,21,24)(H,22,25,26). The fraction of sp³-hybridized carbons (Fsp3) is 0.222. The summed E-state index contributed by atoms with van der Waals surface area (Å²) in [6, 6.07) is 6.64. The molecule has 3 aromatic rings. The number of rotatable bonds is 3. The minimum absolute atomic E-state index is 0.184. The molecule has 0 saturated heterocycles. The summed E-state index contributed by atoms with van der Waals surface area (Å²) in [6.07, 6.45) is 0. The van der Waals surface area contributed by atoms with Gasteiger partial charge < -0.3 is 5.32 Å². The van der Waals surface area contributed by atoms with E-state index in [1.807, 2.05) is 6.92 Å². The van der Waals surface area contributed by atoms with Crippen LogP contribution in [0.1, 0.15) is 28.5 Å². The molecule has 0 fully saturated rings. The lowest BCUT2D eigenvalue weighted by atomic mass is 10.1. The van der Waals surface area contributed by atoms with Crippen LogP contribution < -0.4 is 16.6 Å². The molecule has 0 unspecified atom stereocenters. The highest BCUT2D eigenvalue weighted by atomic mass is 35.5. The molecule has 7 nitrogen and oxygen atoms in total. The number of nitrogens with one attached hydrogen (secondary N) is 2. The van der Waals surface area contributed by atoms with Crippen LogP contribution in [-0.2, 0) is 6.54 Å². The molecule has 0 aliphatic heterocycles. The van der Waals surface area contributed by atoms with E-state index < -0.39 is 17.2 Å². The minimum atomic E-state index is -0.574. The Hall–Kier alpha value is -2.93. The van der Waals surface area contributed by atoms with Gasteiger partial charge in [-0.3, -0.25) is 19.1 Å². The van der Waals surface area contributed by atoms with E-state index in [0.717, 1.165) is 5.56 Å². The summed E-state index contributed by atoms with van der Waals surface area (Å²) in [6.45, 7) is 5.65. The largest absolute Gasteiger partial charge is 0.329 e. The van der Waals surface area contributed by atoms with Crippen molar-refractivity contribution in [1.29, 1.82) is 0 Å². The van der Waals surface area contributed by atoms with Gasteiger partial charge in [-0.25, -0.2) is 9.78 Å². The van der Waals surface area contributed by atoms with E-state index in [1.54, 1.807) is 32.0 Å². The number of aryl methyl sites for hydroxylation is 3. The van der Waals surface area contributed by atoms with E-state index in [2.05, 4.69) is 15.3 Å². The molecule has 2 heterocycles. The van der Waals surface area contributed by atoms with E-state index in [-0.39, 0.29) is 16.6 Å². The van der Waals surface area contributed by atoms with E-state index >= 15 is 0 Å². The van der Waals surface area contributed by atoms with Gasteiger partial charge in [0.2, 0.25) is 0 Å². The number of H-pyrrole nitrogens is 1. The van der Waals surface area contributed by atoms with Crippen molar-refractivity contribution >= 4 is 34.2 Å². The topological polar surface area (TPSA) is 96.9 Å². The summed E-state index contributed by atoms with van der Waals surface area (Å²) < 4.78 is 1.35. The van der Waals surface area contributed by atoms with Gasteiger partial charge in [-0.2, -0.15) is 0 Å². The molecule has 0 bridgehead atoms. The number of carbonyl (C=O) groups excluding carboxylic acids is 1. The van der Waals surface area contributed by atoms with Crippen molar-refractivity contribution in [2.24, 2.45) is 0 Å². The molecule has 1 aromatic carbocycles. The van der Waals surface area contributed by atoms with Gasteiger partial charge in [-0.15, -0.1) is 0 Å². The quantitative estimate of drug-likeness (QED) is 0.738. The van der Waals surface area contributed by atoms with Crippen molar-refractivity contribution in [3.05, 3.63) is 66.9 Å². The second kappa shape index (κ2) is 6.76. The number of halogens is 1. The molecule has 0 spiro atoms. The zero-order valence-electron chi connectivity index (χ0n) is 14.5. The fourth-order valence-electron chi connectivity index (χ4n) is 2.69. The first-order chi connectivity index (χ1) is 12.3. The third kappa shape index (κ3) is 3.13.